The van der Waals surface area contributed by atoms with Crippen molar-refractivity contribution in [3.8, 4) is 0 Å². The molecule has 0 aromatic heterocycles. The van der Waals surface area contributed by atoms with E-state index in [1.807, 2.05) is 6.92 Å². The van der Waals surface area contributed by atoms with Gasteiger partial charge in [0.05, 0.1) is 5.60 Å². The summed E-state index contributed by atoms with van der Waals surface area (Å²) in [7, 11) is 0. The molecule has 0 rings (SSSR count). The number of rotatable bonds is 2. The lowest BCUT2D eigenvalue weighted by Crippen LogP contribution is -2.51. The number of aliphatic hydroxyl groups is 1. The second kappa shape index (κ2) is 3.02. The van der Waals surface area contributed by atoms with Crippen molar-refractivity contribution in [3.05, 3.63) is 0 Å². The maximum absolute atomic E-state index is 10.4. The highest BCUT2D eigenvalue weighted by atomic mass is 16.3. The van der Waals surface area contributed by atoms with Crippen LogP contribution in [0.3, 0.4) is 0 Å². The molecule has 0 aromatic rings. The van der Waals surface area contributed by atoms with Crippen LogP contribution >= 0.6 is 0 Å². The van der Waals surface area contributed by atoms with Gasteiger partial charge in [-0.3, -0.25) is 0 Å². The number of hydrogen-bond donors (Lipinski definition) is 1. The maximum atomic E-state index is 10.4. The van der Waals surface area contributed by atoms with Crippen molar-refractivity contribution in [1.82, 2.24) is 0 Å². The molecule has 0 heterocycles. The summed E-state index contributed by atoms with van der Waals surface area (Å²) in [5.41, 5.74) is -0.702. The van der Waals surface area contributed by atoms with Crippen LogP contribution in [-0.4, -0.2) is 10.7 Å². The Morgan fingerprint density at radius 3 is 1.33 bits per heavy atom. The molecule has 0 fully saturated rings. The lowest BCUT2D eigenvalue weighted by atomic mass is 9.62. The summed E-state index contributed by atoms with van der Waals surface area (Å²) in [4.78, 5) is 0. The summed E-state index contributed by atoms with van der Waals surface area (Å²) >= 11 is 0. The molecule has 1 heteroatoms. The lowest BCUT2D eigenvalue weighted by Gasteiger charge is -2.48. The first-order valence-electron chi connectivity index (χ1n) is 4.78. The predicted octanol–water partition coefficient (Wildman–Crippen LogP) is 3.22. The second-order valence-electron chi connectivity index (χ2n) is 5.56. The average molecular weight is 172 g/mol. The molecule has 0 aliphatic rings. The molecule has 0 aliphatic carbocycles. The van der Waals surface area contributed by atoms with Crippen LogP contribution in [0, 0.1) is 10.8 Å². The zero-order chi connectivity index (χ0) is 10.2. The minimum Gasteiger partial charge on any atom is -0.389 e. The molecule has 0 spiro atoms. The molecular weight excluding hydrogens is 148 g/mol. The van der Waals surface area contributed by atoms with Crippen LogP contribution in [0.1, 0.15) is 54.9 Å². The van der Waals surface area contributed by atoms with E-state index in [4.69, 9.17) is 0 Å². The van der Waals surface area contributed by atoms with Gasteiger partial charge in [-0.15, -0.1) is 0 Å². The van der Waals surface area contributed by atoms with E-state index in [9.17, 15) is 5.11 Å². The van der Waals surface area contributed by atoms with Crippen LogP contribution in [0.2, 0.25) is 0 Å². The Balaban J connectivity index is 4.85. The monoisotopic (exact) mass is 172 g/mol. The third-order valence-corrected chi connectivity index (χ3v) is 3.66. The first-order chi connectivity index (χ1) is 5.06. The quantitative estimate of drug-likeness (QED) is 0.678. The molecule has 1 N–H and O–H groups in total. The van der Waals surface area contributed by atoms with Gasteiger partial charge < -0.3 is 5.11 Å². The minimum atomic E-state index is -0.616. The first-order valence-corrected chi connectivity index (χ1v) is 4.78. The highest BCUT2D eigenvalue weighted by Gasteiger charge is 2.46. The SMILES string of the molecule is CCC(C)(C)C(C)(O)C(C)(C)C. The molecule has 12 heavy (non-hydrogen) atoms. The zero-order valence-electron chi connectivity index (χ0n) is 9.65. The van der Waals surface area contributed by atoms with Gasteiger partial charge in [0.15, 0.2) is 0 Å². The summed E-state index contributed by atoms with van der Waals surface area (Å²) in [6, 6.07) is 0. The Morgan fingerprint density at radius 2 is 1.25 bits per heavy atom. The molecule has 0 radical (unpaired) electrons. The fourth-order valence-corrected chi connectivity index (χ4v) is 1.36. The highest BCUT2D eigenvalue weighted by Crippen LogP contribution is 2.45. The van der Waals surface area contributed by atoms with Gasteiger partial charge in [0, 0.05) is 0 Å². The summed E-state index contributed by atoms with van der Waals surface area (Å²) in [6.45, 7) is 14.6. The molecule has 0 saturated carbocycles. The molecule has 0 aliphatic heterocycles. The van der Waals surface area contributed by atoms with Crippen molar-refractivity contribution in [2.75, 3.05) is 0 Å². The zero-order valence-corrected chi connectivity index (χ0v) is 9.65. The van der Waals surface area contributed by atoms with E-state index in [1.54, 1.807) is 0 Å². The molecule has 1 nitrogen and oxygen atoms in total. The van der Waals surface area contributed by atoms with Crippen molar-refractivity contribution in [1.29, 1.82) is 0 Å². The third kappa shape index (κ3) is 1.82. The van der Waals surface area contributed by atoms with Gasteiger partial charge in [-0.2, -0.15) is 0 Å². The second-order valence-corrected chi connectivity index (χ2v) is 5.56. The Labute approximate surface area is 77.2 Å². The van der Waals surface area contributed by atoms with Crippen LogP contribution in [0.5, 0.6) is 0 Å². The average Bonchev–Trinajstić information content (AvgIpc) is 1.85. The van der Waals surface area contributed by atoms with Crippen LogP contribution in [0.4, 0.5) is 0 Å². The standard InChI is InChI=1S/C11H24O/c1-8-10(5,6)11(7,12)9(2,3)4/h12H,8H2,1-7H3. The van der Waals surface area contributed by atoms with E-state index in [2.05, 4.69) is 41.5 Å². The van der Waals surface area contributed by atoms with Gasteiger partial charge in [0.1, 0.15) is 0 Å². The van der Waals surface area contributed by atoms with E-state index in [0.29, 0.717) is 0 Å². The molecular formula is C11H24O. The van der Waals surface area contributed by atoms with Crippen molar-refractivity contribution in [2.45, 2.75) is 60.5 Å². The Kier molecular flexibility index (Phi) is 3.01. The van der Waals surface area contributed by atoms with Crippen LogP contribution < -0.4 is 0 Å². The van der Waals surface area contributed by atoms with Gasteiger partial charge in [-0.1, -0.05) is 41.5 Å². The maximum Gasteiger partial charge on any atom is 0.0718 e. The molecule has 1 atom stereocenters. The van der Waals surface area contributed by atoms with E-state index in [1.165, 1.54) is 0 Å². The van der Waals surface area contributed by atoms with E-state index in [0.717, 1.165) is 6.42 Å². The molecule has 0 aromatic carbocycles. The third-order valence-electron chi connectivity index (χ3n) is 3.66. The molecule has 0 saturated heterocycles. The fraction of sp³-hybridized carbons (Fsp3) is 1.00. The Hall–Kier alpha value is -0.0400. The van der Waals surface area contributed by atoms with Crippen LogP contribution in [-0.2, 0) is 0 Å². The van der Waals surface area contributed by atoms with Crippen molar-refractivity contribution >= 4 is 0 Å². The fourth-order valence-electron chi connectivity index (χ4n) is 1.36. The summed E-state index contributed by atoms with van der Waals surface area (Å²) in [6.07, 6.45) is 0.997. The van der Waals surface area contributed by atoms with Gasteiger partial charge >= 0.3 is 0 Å². The summed E-state index contributed by atoms with van der Waals surface area (Å²) in [5, 5.41) is 10.4. The van der Waals surface area contributed by atoms with Crippen LogP contribution in [0.25, 0.3) is 0 Å². The largest absolute Gasteiger partial charge is 0.389 e. The Morgan fingerprint density at radius 1 is 0.917 bits per heavy atom. The first kappa shape index (κ1) is 12.0. The predicted molar refractivity (Wildman–Crippen MR) is 54.2 cm³/mol. The summed E-state index contributed by atoms with van der Waals surface area (Å²) in [5.74, 6) is 0. The van der Waals surface area contributed by atoms with Crippen molar-refractivity contribution in [3.63, 3.8) is 0 Å². The minimum absolute atomic E-state index is 0.0226. The molecule has 0 amide bonds. The topological polar surface area (TPSA) is 20.2 Å². The highest BCUT2D eigenvalue weighted by molar-refractivity contribution is 4.97. The van der Waals surface area contributed by atoms with Gasteiger partial charge in [-0.05, 0) is 24.2 Å². The van der Waals surface area contributed by atoms with Gasteiger partial charge in [-0.25, -0.2) is 0 Å². The lowest BCUT2D eigenvalue weighted by molar-refractivity contribution is -0.130. The Bertz CT molecular complexity index is 149. The number of hydrogen-bond acceptors (Lipinski definition) is 1. The van der Waals surface area contributed by atoms with Crippen molar-refractivity contribution in [2.24, 2.45) is 10.8 Å². The van der Waals surface area contributed by atoms with Crippen LogP contribution in [0.15, 0.2) is 0 Å². The van der Waals surface area contributed by atoms with Gasteiger partial charge in [0.25, 0.3) is 0 Å². The van der Waals surface area contributed by atoms with E-state index < -0.39 is 5.60 Å². The van der Waals surface area contributed by atoms with E-state index >= 15 is 0 Å². The van der Waals surface area contributed by atoms with Gasteiger partial charge in [0.2, 0.25) is 0 Å². The van der Waals surface area contributed by atoms with Crippen molar-refractivity contribution < 1.29 is 5.11 Å². The molecule has 74 valence electrons. The normalized spacial score (nSPS) is 19.0. The smallest absolute Gasteiger partial charge is 0.0718 e. The summed E-state index contributed by atoms with van der Waals surface area (Å²) < 4.78 is 0. The van der Waals surface area contributed by atoms with E-state index in [-0.39, 0.29) is 10.8 Å². The molecule has 1 unspecified atom stereocenters. The molecule has 0 bridgehead atoms.